The molecule has 1 aliphatic rings. The molecule has 1 saturated heterocycles. The first-order valence-electron chi connectivity index (χ1n) is 9.08. The largest absolute Gasteiger partial charge is 0.346 e. The van der Waals surface area contributed by atoms with Crippen molar-refractivity contribution >= 4 is 22.5 Å². The zero-order valence-electron chi connectivity index (χ0n) is 15.1. The molecule has 1 aliphatic heterocycles. The molecule has 0 aliphatic carbocycles. The number of piperazine rings is 1. The number of H-pyrrole nitrogens is 1. The van der Waals surface area contributed by atoms with Gasteiger partial charge in [0.2, 0.25) is 0 Å². The summed E-state index contributed by atoms with van der Waals surface area (Å²) in [7, 11) is 2.08. The quantitative estimate of drug-likeness (QED) is 0.595. The van der Waals surface area contributed by atoms with Gasteiger partial charge in [0, 0.05) is 55.7 Å². The van der Waals surface area contributed by atoms with Crippen molar-refractivity contribution < 1.29 is 4.79 Å². The van der Waals surface area contributed by atoms with E-state index in [1.165, 1.54) is 0 Å². The van der Waals surface area contributed by atoms with Crippen molar-refractivity contribution in [3.63, 3.8) is 0 Å². The van der Waals surface area contributed by atoms with Gasteiger partial charge in [-0.05, 0) is 36.9 Å². The Morgan fingerprint density at radius 1 is 1.19 bits per heavy atom. The van der Waals surface area contributed by atoms with Gasteiger partial charge in [0.25, 0.3) is 5.91 Å². The Labute approximate surface area is 156 Å². The number of carbonyl (C=O) groups is 1. The molecule has 0 aromatic carbocycles. The lowest BCUT2D eigenvalue weighted by Crippen LogP contribution is -2.47. The highest BCUT2D eigenvalue weighted by Crippen LogP contribution is 2.29. The first kappa shape index (κ1) is 16.0. The molecule has 27 heavy (non-hydrogen) atoms. The SMILES string of the molecule is CN1CCN(C(=O)c2cnn3ccc(-c4c[nH]c5ncccc45)cc23)CC1. The molecule has 0 unspecified atom stereocenters. The van der Waals surface area contributed by atoms with Gasteiger partial charge in [-0.3, -0.25) is 4.79 Å². The number of fused-ring (bicyclic) bond motifs is 2. The summed E-state index contributed by atoms with van der Waals surface area (Å²) in [5.74, 6) is 0.0517. The van der Waals surface area contributed by atoms with E-state index in [0.717, 1.165) is 53.9 Å². The molecule has 4 aromatic rings. The van der Waals surface area contributed by atoms with Gasteiger partial charge in [-0.25, -0.2) is 9.50 Å². The van der Waals surface area contributed by atoms with Crippen molar-refractivity contribution in [1.82, 2.24) is 29.4 Å². The van der Waals surface area contributed by atoms with E-state index in [1.807, 2.05) is 41.6 Å². The molecule has 1 amide bonds. The van der Waals surface area contributed by atoms with Gasteiger partial charge >= 0.3 is 0 Å². The Morgan fingerprint density at radius 2 is 2.04 bits per heavy atom. The fourth-order valence-electron chi connectivity index (χ4n) is 3.69. The molecule has 7 nitrogen and oxygen atoms in total. The lowest BCUT2D eigenvalue weighted by atomic mass is 10.1. The number of likely N-dealkylation sites (N-methyl/N-ethyl adjacent to an activating group) is 1. The van der Waals surface area contributed by atoms with Crippen LogP contribution in [-0.2, 0) is 0 Å². The molecule has 0 atom stereocenters. The van der Waals surface area contributed by atoms with Crippen LogP contribution in [0.5, 0.6) is 0 Å². The number of rotatable bonds is 2. The average molecular weight is 360 g/mol. The smallest absolute Gasteiger partial charge is 0.257 e. The minimum Gasteiger partial charge on any atom is -0.346 e. The number of hydrogen-bond acceptors (Lipinski definition) is 4. The maximum absolute atomic E-state index is 13.0. The van der Waals surface area contributed by atoms with Crippen LogP contribution in [-0.4, -0.2) is 68.5 Å². The minimum absolute atomic E-state index is 0.0517. The highest BCUT2D eigenvalue weighted by molar-refractivity contribution is 6.02. The number of carbonyl (C=O) groups excluding carboxylic acids is 1. The third kappa shape index (κ3) is 2.67. The summed E-state index contributed by atoms with van der Waals surface area (Å²) in [4.78, 5) is 24.7. The van der Waals surface area contributed by atoms with Gasteiger partial charge in [0.15, 0.2) is 0 Å². The van der Waals surface area contributed by atoms with Gasteiger partial charge in [-0.1, -0.05) is 0 Å². The summed E-state index contributed by atoms with van der Waals surface area (Å²) in [6.07, 6.45) is 7.31. The van der Waals surface area contributed by atoms with E-state index in [4.69, 9.17) is 0 Å². The van der Waals surface area contributed by atoms with Crippen LogP contribution in [0.25, 0.3) is 27.7 Å². The minimum atomic E-state index is 0.0517. The number of aromatic amines is 1. The van der Waals surface area contributed by atoms with Crippen LogP contribution < -0.4 is 0 Å². The normalized spacial score (nSPS) is 15.7. The molecule has 5 rings (SSSR count). The number of pyridine rings is 2. The van der Waals surface area contributed by atoms with Crippen LogP contribution in [0, 0.1) is 0 Å². The predicted octanol–water partition coefficient (Wildman–Crippen LogP) is 2.27. The number of aromatic nitrogens is 4. The standard InChI is InChI=1S/C20H20N6O/c1-24-7-9-25(10-8-24)20(27)17-13-23-26-6-4-14(11-18(17)26)16-12-22-19-15(16)3-2-5-21-19/h2-6,11-13H,7-10H2,1H3,(H,21,22). The van der Waals surface area contributed by atoms with E-state index in [0.29, 0.717) is 5.56 Å². The number of nitrogens with zero attached hydrogens (tertiary/aromatic N) is 5. The van der Waals surface area contributed by atoms with Crippen molar-refractivity contribution in [3.8, 4) is 11.1 Å². The zero-order valence-corrected chi connectivity index (χ0v) is 15.1. The van der Waals surface area contributed by atoms with Gasteiger partial charge in [0.05, 0.1) is 17.3 Å². The van der Waals surface area contributed by atoms with E-state index < -0.39 is 0 Å². The Kier molecular flexibility index (Phi) is 3.68. The maximum atomic E-state index is 13.0. The van der Waals surface area contributed by atoms with Crippen LogP contribution in [0.4, 0.5) is 0 Å². The highest BCUT2D eigenvalue weighted by Gasteiger charge is 2.23. The van der Waals surface area contributed by atoms with Gasteiger partial charge < -0.3 is 14.8 Å². The van der Waals surface area contributed by atoms with Crippen molar-refractivity contribution in [2.24, 2.45) is 0 Å². The first-order chi connectivity index (χ1) is 13.2. The molecule has 136 valence electrons. The molecule has 1 fully saturated rings. The third-order valence-electron chi connectivity index (χ3n) is 5.30. The number of amides is 1. The van der Waals surface area contributed by atoms with Crippen molar-refractivity contribution in [2.45, 2.75) is 0 Å². The number of nitrogens with one attached hydrogen (secondary N) is 1. The molecular weight excluding hydrogens is 340 g/mol. The summed E-state index contributed by atoms with van der Waals surface area (Å²) in [5, 5.41) is 5.44. The molecule has 0 bridgehead atoms. The Balaban J connectivity index is 1.56. The van der Waals surface area contributed by atoms with Crippen molar-refractivity contribution in [3.05, 3.63) is 54.6 Å². The summed E-state index contributed by atoms with van der Waals surface area (Å²) in [6.45, 7) is 3.30. The second kappa shape index (κ2) is 6.21. The van der Waals surface area contributed by atoms with Crippen molar-refractivity contribution in [1.29, 1.82) is 0 Å². The zero-order chi connectivity index (χ0) is 18.4. The molecule has 0 saturated carbocycles. The first-order valence-corrected chi connectivity index (χ1v) is 9.08. The fraction of sp³-hybridized carbons (Fsp3) is 0.250. The van der Waals surface area contributed by atoms with E-state index in [1.54, 1.807) is 16.9 Å². The fourth-order valence-corrected chi connectivity index (χ4v) is 3.69. The summed E-state index contributed by atoms with van der Waals surface area (Å²) >= 11 is 0. The van der Waals surface area contributed by atoms with E-state index in [2.05, 4.69) is 27.0 Å². The molecule has 5 heterocycles. The summed E-state index contributed by atoms with van der Waals surface area (Å²) < 4.78 is 1.76. The monoisotopic (exact) mass is 360 g/mol. The average Bonchev–Trinajstić information content (AvgIpc) is 3.32. The van der Waals surface area contributed by atoms with Gasteiger partial charge in [-0.15, -0.1) is 0 Å². The van der Waals surface area contributed by atoms with Crippen LogP contribution in [0.15, 0.2) is 49.1 Å². The Bertz CT molecular complexity index is 1140. The second-order valence-electron chi connectivity index (χ2n) is 7.00. The molecule has 4 aromatic heterocycles. The second-order valence-corrected chi connectivity index (χ2v) is 7.00. The van der Waals surface area contributed by atoms with E-state index in [-0.39, 0.29) is 5.91 Å². The van der Waals surface area contributed by atoms with Gasteiger partial charge in [-0.2, -0.15) is 5.10 Å². The van der Waals surface area contributed by atoms with Crippen LogP contribution in [0.3, 0.4) is 0 Å². The van der Waals surface area contributed by atoms with Crippen molar-refractivity contribution in [2.75, 3.05) is 33.2 Å². The highest BCUT2D eigenvalue weighted by atomic mass is 16.2. The maximum Gasteiger partial charge on any atom is 0.257 e. The molecule has 7 heteroatoms. The summed E-state index contributed by atoms with van der Waals surface area (Å²) in [5.41, 5.74) is 4.44. The van der Waals surface area contributed by atoms with Crippen LogP contribution in [0.2, 0.25) is 0 Å². The molecule has 0 radical (unpaired) electrons. The Hall–Kier alpha value is -3.19. The van der Waals surface area contributed by atoms with E-state index in [9.17, 15) is 4.79 Å². The van der Waals surface area contributed by atoms with Crippen LogP contribution in [0.1, 0.15) is 10.4 Å². The van der Waals surface area contributed by atoms with E-state index >= 15 is 0 Å². The van der Waals surface area contributed by atoms with Gasteiger partial charge in [0.1, 0.15) is 5.65 Å². The summed E-state index contributed by atoms with van der Waals surface area (Å²) in [6, 6.07) is 8.02. The lowest BCUT2D eigenvalue weighted by molar-refractivity contribution is 0.0666. The topological polar surface area (TPSA) is 69.5 Å². The molecular formula is C20H20N6O. The Morgan fingerprint density at radius 3 is 2.89 bits per heavy atom. The number of hydrogen-bond donors (Lipinski definition) is 1. The molecule has 0 spiro atoms. The third-order valence-corrected chi connectivity index (χ3v) is 5.30. The van der Waals surface area contributed by atoms with Crippen LogP contribution >= 0.6 is 0 Å². The lowest BCUT2D eigenvalue weighted by Gasteiger charge is -2.32. The predicted molar refractivity (Wildman–Crippen MR) is 104 cm³/mol. The molecule has 1 N–H and O–H groups in total.